The van der Waals surface area contributed by atoms with E-state index in [9.17, 15) is 9.90 Å². The van der Waals surface area contributed by atoms with Crippen LogP contribution in [0.25, 0.3) is 0 Å². The van der Waals surface area contributed by atoms with Crippen LogP contribution in [0.4, 0.5) is 10.5 Å². The van der Waals surface area contributed by atoms with E-state index < -0.39 is 0 Å². The number of nitrogens with one attached hydrogen (secondary N) is 2. The number of rotatable bonds is 6. The second-order valence-electron chi connectivity index (χ2n) is 6.68. The van der Waals surface area contributed by atoms with Gasteiger partial charge in [0.2, 0.25) is 0 Å². The molecule has 0 aromatic heterocycles. The molecule has 1 aromatic rings. The summed E-state index contributed by atoms with van der Waals surface area (Å²) in [4.78, 5) is 12.3. The fourth-order valence-electron chi connectivity index (χ4n) is 3.13. The summed E-state index contributed by atoms with van der Waals surface area (Å²) >= 11 is 0. The maximum Gasteiger partial charge on any atom is 0.319 e. The minimum Gasteiger partial charge on any atom is -0.491 e. The first-order valence-corrected chi connectivity index (χ1v) is 8.66. The number of hydrogen-bond acceptors (Lipinski definition) is 3. The zero-order chi connectivity index (χ0) is 16.1. The molecule has 1 aromatic carbocycles. The second-order valence-corrected chi connectivity index (χ2v) is 6.68. The zero-order valence-electron chi connectivity index (χ0n) is 13.5. The van der Waals surface area contributed by atoms with Crippen LogP contribution in [0.3, 0.4) is 0 Å². The van der Waals surface area contributed by atoms with E-state index >= 15 is 0 Å². The van der Waals surface area contributed by atoms with Crippen LogP contribution < -0.4 is 15.4 Å². The van der Waals surface area contributed by atoms with Gasteiger partial charge in [-0.1, -0.05) is 25.0 Å². The van der Waals surface area contributed by atoms with Crippen molar-refractivity contribution in [1.82, 2.24) is 5.32 Å². The Balaban J connectivity index is 1.56. The summed E-state index contributed by atoms with van der Waals surface area (Å²) in [7, 11) is 0. The van der Waals surface area contributed by atoms with E-state index in [4.69, 9.17) is 4.74 Å². The van der Waals surface area contributed by atoms with Gasteiger partial charge in [0.1, 0.15) is 5.75 Å². The van der Waals surface area contributed by atoms with Crippen molar-refractivity contribution in [2.24, 2.45) is 11.8 Å². The maximum absolute atomic E-state index is 12.3. The van der Waals surface area contributed by atoms with Crippen molar-refractivity contribution in [2.75, 3.05) is 18.5 Å². The molecule has 126 valence electrons. The lowest BCUT2D eigenvalue weighted by atomic mass is 9.85. The number of urea groups is 1. The summed E-state index contributed by atoms with van der Waals surface area (Å²) in [6, 6.07) is 7.36. The van der Waals surface area contributed by atoms with Crippen molar-refractivity contribution in [3.63, 3.8) is 0 Å². The molecule has 3 N–H and O–H groups in total. The van der Waals surface area contributed by atoms with Gasteiger partial charge in [-0.2, -0.15) is 0 Å². The van der Waals surface area contributed by atoms with Gasteiger partial charge < -0.3 is 20.5 Å². The van der Waals surface area contributed by atoms with E-state index in [0.29, 0.717) is 11.6 Å². The van der Waals surface area contributed by atoms with E-state index in [1.54, 1.807) is 0 Å². The van der Waals surface area contributed by atoms with Crippen molar-refractivity contribution in [2.45, 2.75) is 44.6 Å². The minimum absolute atomic E-state index is 0.0493. The van der Waals surface area contributed by atoms with Gasteiger partial charge in [0.05, 0.1) is 12.3 Å². The lowest BCUT2D eigenvalue weighted by molar-refractivity contribution is 0.156. The van der Waals surface area contributed by atoms with Crippen LogP contribution in [0.1, 0.15) is 38.5 Å². The third-order valence-corrected chi connectivity index (χ3v) is 4.77. The van der Waals surface area contributed by atoms with Crippen LogP contribution in [-0.4, -0.2) is 30.4 Å². The lowest BCUT2D eigenvalue weighted by Gasteiger charge is -2.30. The normalized spacial score (nSPS) is 24.0. The predicted molar refractivity (Wildman–Crippen MR) is 89.6 cm³/mol. The molecule has 2 fully saturated rings. The van der Waals surface area contributed by atoms with Crippen LogP contribution in [0.15, 0.2) is 24.3 Å². The quantitative estimate of drug-likeness (QED) is 0.754. The highest BCUT2D eigenvalue weighted by Gasteiger charge is 2.26. The number of para-hydroxylation sites is 2. The van der Waals surface area contributed by atoms with E-state index in [1.165, 1.54) is 12.8 Å². The SMILES string of the molecule is O=C(Nc1ccccc1OCC1CC1)NC1CCCCC1CO. The summed E-state index contributed by atoms with van der Waals surface area (Å²) in [5.74, 6) is 1.55. The number of aliphatic hydroxyl groups excluding tert-OH is 1. The van der Waals surface area contributed by atoms with Crippen molar-refractivity contribution < 1.29 is 14.6 Å². The third kappa shape index (κ3) is 4.61. The zero-order valence-corrected chi connectivity index (χ0v) is 13.5. The van der Waals surface area contributed by atoms with Crippen molar-refractivity contribution in [3.8, 4) is 5.75 Å². The van der Waals surface area contributed by atoms with E-state index in [2.05, 4.69) is 10.6 Å². The van der Waals surface area contributed by atoms with Crippen molar-refractivity contribution >= 4 is 11.7 Å². The van der Waals surface area contributed by atoms with Crippen molar-refractivity contribution in [1.29, 1.82) is 0 Å². The third-order valence-electron chi connectivity index (χ3n) is 4.77. The van der Waals surface area contributed by atoms with Crippen LogP contribution in [0.5, 0.6) is 5.75 Å². The molecule has 0 bridgehead atoms. The number of carbonyl (C=O) groups is 1. The molecule has 2 saturated carbocycles. The Morgan fingerprint density at radius 1 is 1.17 bits per heavy atom. The molecular formula is C18H26N2O3. The lowest BCUT2D eigenvalue weighted by Crippen LogP contribution is -2.45. The molecule has 0 aliphatic heterocycles. The highest BCUT2D eigenvalue weighted by Crippen LogP contribution is 2.31. The number of aliphatic hydroxyl groups is 1. The molecule has 2 aliphatic carbocycles. The Morgan fingerprint density at radius 3 is 2.74 bits per heavy atom. The summed E-state index contributed by atoms with van der Waals surface area (Å²) in [6.07, 6.45) is 6.60. The highest BCUT2D eigenvalue weighted by atomic mass is 16.5. The van der Waals surface area contributed by atoms with Gasteiger partial charge >= 0.3 is 6.03 Å². The number of hydrogen-bond donors (Lipinski definition) is 3. The van der Waals surface area contributed by atoms with Crippen LogP contribution in [0.2, 0.25) is 0 Å². The van der Waals surface area contributed by atoms with Gasteiger partial charge in [0.15, 0.2) is 0 Å². The number of amides is 2. The summed E-state index contributed by atoms with van der Waals surface area (Å²) in [5, 5.41) is 15.3. The van der Waals surface area contributed by atoms with Gasteiger partial charge in [-0.05, 0) is 43.7 Å². The first kappa shape index (κ1) is 16.1. The molecule has 0 heterocycles. The molecule has 0 spiro atoms. The Labute approximate surface area is 137 Å². The Morgan fingerprint density at radius 2 is 1.96 bits per heavy atom. The average Bonchev–Trinajstić information content (AvgIpc) is 3.39. The Kier molecular flexibility index (Phi) is 5.39. The fourth-order valence-corrected chi connectivity index (χ4v) is 3.13. The molecule has 3 rings (SSSR count). The summed E-state index contributed by atoms with van der Waals surface area (Å²) in [6.45, 7) is 0.849. The molecule has 0 radical (unpaired) electrons. The molecule has 23 heavy (non-hydrogen) atoms. The van der Waals surface area contributed by atoms with E-state index in [-0.39, 0.29) is 24.6 Å². The second kappa shape index (κ2) is 7.68. The van der Waals surface area contributed by atoms with Crippen LogP contribution >= 0.6 is 0 Å². The van der Waals surface area contributed by atoms with Gasteiger partial charge in [0, 0.05) is 18.6 Å². The Hall–Kier alpha value is -1.75. The first-order chi connectivity index (χ1) is 11.3. The smallest absolute Gasteiger partial charge is 0.319 e. The van der Waals surface area contributed by atoms with Gasteiger partial charge in [-0.25, -0.2) is 4.79 Å². The largest absolute Gasteiger partial charge is 0.491 e. The molecular weight excluding hydrogens is 292 g/mol. The average molecular weight is 318 g/mol. The molecule has 5 heteroatoms. The molecule has 0 saturated heterocycles. The number of anilines is 1. The topological polar surface area (TPSA) is 70.6 Å². The number of benzene rings is 1. The highest BCUT2D eigenvalue weighted by molar-refractivity contribution is 5.91. The van der Waals surface area contributed by atoms with E-state index in [1.807, 2.05) is 24.3 Å². The fraction of sp³-hybridized carbons (Fsp3) is 0.611. The van der Waals surface area contributed by atoms with Gasteiger partial charge in [-0.3, -0.25) is 0 Å². The summed E-state index contributed by atoms with van der Waals surface area (Å²) < 4.78 is 5.81. The first-order valence-electron chi connectivity index (χ1n) is 8.66. The molecule has 2 atom stereocenters. The standard InChI is InChI=1S/C18H26N2O3/c21-11-14-5-1-2-6-15(14)19-18(22)20-16-7-3-4-8-17(16)23-12-13-9-10-13/h3-4,7-8,13-15,21H,1-2,5-6,9-12H2,(H2,19,20,22). The number of ether oxygens (including phenoxy) is 1. The number of carbonyl (C=O) groups excluding carboxylic acids is 1. The van der Waals surface area contributed by atoms with E-state index in [0.717, 1.165) is 38.0 Å². The van der Waals surface area contributed by atoms with Crippen LogP contribution in [0, 0.1) is 11.8 Å². The molecule has 2 aliphatic rings. The summed E-state index contributed by atoms with van der Waals surface area (Å²) in [5.41, 5.74) is 0.696. The maximum atomic E-state index is 12.3. The minimum atomic E-state index is -0.224. The Bertz CT molecular complexity index is 531. The molecule has 2 unspecified atom stereocenters. The molecule has 5 nitrogen and oxygen atoms in total. The molecule has 2 amide bonds. The van der Waals surface area contributed by atoms with Gasteiger partial charge in [0.25, 0.3) is 0 Å². The van der Waals surface area contributed by atoms with Crippen LogP contribution in [-0.2, 0) is 0 Å². The van der Waals surface area contributed by atoms with Gasteiger partial charge in [-0.15, -0.1) is 0 Å². The predicted octanol–water partition coefficient (Wildman–Crippen LogP) is 3.15. The monoisotopic (exact) mass is 318 g/mol. The van der Waals surface area contributed by atoms with Crippen molar-refractivity contribution in [3.05, 3.63) is 24.3 Å².